The van der Waals surface area contributed by atoms with E-state index in [1.807, 2.05) is 13.0 Å². The van der Waals surface area contributed by atoms with Crippen LogP contribution in [0.3, 0.4) is 0 Å². The summed E-state index contributed by atoms with van der Waals surface area (Å²) in [5, 5.41) is 0. The number of ether oxygens (including phenoxy) is 1. The predicted molar refractivity (Wildman–Crippen MR) is 73.4 cm³/mol. The second-order valence-electron chi connectivity index (χ2n) is 5.28. The van der Waals surface area contributed by atoms with Crippen LogP contribution in [-0.4, -0.2) is 32.8 Å². The molecule has 17 heavy (non-hydrogen) atoms. The second-order valence-corrected chi connectivity index (χ2v) is 5.28. The number of nitrogens with zero attached hydrogens (tertiary/aromatic N) is 2. The molecule has 0 aliphatic carbocycles. The number of hydrogen-bond acceptors (Lipinski definition) is 3. The van der Waals surface area contributed by atoms with Crippen molar-refractivity contribution in [2.45, 2.75) is 26.3 Å². The Morgan fingerprint density at radius 3 is 2.65 bits per heavy atom. The molecule has 1 heterocycles. The van der Waals surface area contributed by atoms with Crippen molar-refractivity contribution in [2.75, 3.05) is 37.0 Å². The van der Waals surface area contributed by atoms with E-state index in [2.05, 4.69) is 49.9 Å². The molecule has 3 heteroatoms. The number of rotatable bonds is 2. The summed E-state index contributed by atoms with van der Waals surface area (Å²) in [5.41, 5.74) is 2.57. The van der Waals surface area contributed by atoms with E-state index in [4.69, 9.17) is 4.74 Å². The number of benzene rings is 1. The molecule has 0 N–H and O–H groups in total. The largest absolute Gasteiger partial charge is 0.492 e. The quantitative estimate of drug-likeness (QED) is 0.782. The highest BCUT2D eigenvalue weighted by atomic mass is 16.5. The zero-order valence-electron chi connectivity index (χ0n) is 11.4. The molecule has 0 fully saturated rings. The molecule has 1 aromatic rings. The normalized spacial score (nSPS) is 17.9. The molecular weight excluding hydrogens is 212 g/mol. The third-order valence-corrected chi connectivity index (χ3v) is 3.56. The molecule has 0 bridgehead atoms. The van der Waals surface area contributed by atoms with Gasteiger partial charge in [0.25, 0.3) is 0 Å². The molecule has 1 aromatic carbocycles. The maximum atomic E-state index is 5.75. The molecule has 0 radical (unpaired) electrons. The van der Waals surface area contributed by atoms with Gasteiger partial charge in [0.15, 0.2) is 0 Å². The molecule has 94 valence electrons. The summed E-state index contributed by atoms with van der Waals surface area (Å²) in [6, 6.07) is 6.27. The van der Waals surface area contributed by atoms with Crippen LogP contribution in [0.2, 0.25) is 0 Å². The summed E-state index contributed by atoms with van der Waals surface area (Å²) in [7, 11) is 4.29. The first kappa shape index (κ1) is 12.1. The Hall–Kier alpha value is -1.38. The van der Waals surface area contributed by atoms with E-state index in [0.29, 0.717) is 6.61 Å². The van der Waals surface area contributed by atoms with Crippen LogP contribution in [0.5, 0.6) is 5.75 Å². The van der Waals surface area contributed by atoms with Crippen molar-refractivity contribution < 1.29 is 4.74 Å². The maximum Gasteiger partial charge on any atom is 0.144 e. The van der Waals surface area contributed by atoms with Crippen LogP contribution < -0.4 is 14.5 Å². The Morgan fingerprint density at radius 1 is 1.29 bits per heavy atom. The Morgan fingerprint density at radius 2 is 2.00 bits per heavy atom. The minimum atomic E-state index is 0.120. The Bertz CT molecular complexity index is 415. The summed E-state index contributed by atoms with van der Waals surface area (Å²) < 4.78 is 5.75. The smallest absolute Gasteiger partial charge is 0.144 e. The highest BCUT2D eigenvalue weighted by Crippen LogP contribution is 2.44. The van der Waals surface area contributed by atoms with E-state index < -0.39 is 0 Å². The van der Waals surface area contributed by atoms with Crippen molar-refractivity contribution in [3.05, 3.63) is 18.2 Å². The third kappa shape index (κ3) is 1.94. The Kier molecular flexibility index (Phi) is 2.94. The van der Waals surface area contributed by atoms with Gasteiger partial charge in [0.2, 0.25) is 0 Å². The van der Waals surface area contributed by atoms with Crippen molar-refractivity contribution in [1.82, 2.24) is 0 Å². The minimum absolute atomic E-state index is 0.120. The number of para-hydroxylation sites is 1. The van der Waals surface area contributed by atoms with Crippen LogP contribution in [0, 0.1) is 0 Å². The van der Waals surface area contributed by atoms with Crippen molar-refractivity contribution in [1.29, 1.82) is 0 Å². The van der Waals surface area contributed by atoms with Crippen LogP contribution in [0.25, 0.3) is 0 Å². The molecule has 0 spiro atoms. The monoisotopic (exact) mass is 234 g/mol. The van der Waals surface area contributed by atoms with Crippen molar-refractivity contribution in [2.24, 2.45) is 0 Å². The van der Waals surface area contributed by atoms with Gasteiger partial charge in [-0.3, -0.25) is 0 Å². The lowest BCUT2D eigenvalue weighted by atomic mass is 9.97. The minimum Gasteiger partial charge on any atom is -0.492 e. The zero-order chi connectivity index (χ0) is 12.6. The van der Waals surface area contributed by atoms with E-state index in [1.54, 1.807) is 0 Å². The highest BCUT2D eigenvalue weighted by Gasteiger charge is 2.34. The summed E-state index contributed by atoms with van der Waals surface area (Å²) in [6.45, 7) is 8.27. The lowest BCUT2D eigenvalue weighted by Crippen LogP contribution is -2.53. The molecular formula is C14H22N2O. The molecule has 0 saturated heterocycles. The molecule has 0 saturated carbocycles. The van der Waals surface area contributed by atoms with Gasteiger partial charge in [0.05, 0.1) is 17.8 Å². The van der Waals surface area contributed by atoms with Gasteiger partial charge in [0.1, 0.15) is 11.4 Å². The fraction of sp³-hybridized carbons (Fsp3) is 0.571. The summed E-state index contributed by atoms with van der Waals surface area (Å²) in [4.78, 5) is 4.63. The second kappa shape index (κ2) is 4.13. The van der Waals surface area contributed by atoms with Gasteiger partial charge in [-0.2, -0.15) is 0 Å². The lowest BCUT2D eigenvalue weighted by Gasteiger charge is -2.47. The standard InChI is InChI=1S/C14H22N2O/c1-6-17-12-9-7-8-11-13(12)16(5)14(2,3)10-15(11)4/h7-9H,6,10H2,1-5H3. The van der Waals surface area contributed by atoms with Gasteiger partial charge in [-0.05, 0) is 32.9 Å². The topological polar surface area (TPSA) is 15.7 Å². The predicted octanol–water partition coefficient (Wildman–Crippen LogP) is 2.75. The Labute approximate surface area is 104 Å². The number of likely N-dealkylation sites (N-methyl/N-ethyl adjacent to an activating group) is 2. The van der Waals surface area contributed by atoms with Crippen LogP contribution >= 0.6 is 0 Å². The van der Waals surface area contributed by atoms with Crippen LogP contribution in [0.4, 0.5) is 11.4 Å². The SMILES string of the molecule is CCOc1cccc2c1N(C)C(C)(C)CN2C. The van der Waals surface area contributed by atoms with Crippen LogP contribution in [0.1, 0.15) is 20.8 Å². The number of hydrogen-bond donors (Lipinski definition) is 0. The van der Waals surface area contributed by atoms with Crippen LogP contribution in [0.15, 0.2) is 18.2 Å². The van der Waals surface area contributed by atoms with Gasteiger partial charge in [0, 0.05) is 20.6 Å². The van der Waals surface area contributed by atoms with E-state index in [9.17, 15) is 0 Å². The average Bonchev–Trinajstić information content (AvgIpc) is 2.26. The van der Waals surface area contributed by atoms with Gasteiger partial charge in [-0.15, -0.1) is 0 Å². The fourth-order valence-corrected chi connectivity index (χ4v) is 2.50. The molecule has 3 nitrogen and oxygen atoms in total. The first-order valence-corrected chi connectivity index (χ1v) is 6.18. The Balaban J connectivity index is 2.54. The van der Waals surface area contributed by atoms with Crippen LogP contribution in [-0.2, 0) is 0 Å². The zero-order valence-corrected chi connectivity index (χ0v) is 11.4. The molecule has 0 aromatic heterocycles. The van der Waals surface area contributed by atoms with Crippen molar-refractivity contribution >= 4 is 11.4 Å². The molecule has 1 aliphatic rings. The van der Waals surface area contributed by atoms with E-state index in [-0.39, 0.29) is 5.54 Å². The summed E-state index contributed by atoms with van der Waals surface area (Å²) in [6.07, 6.45) is 0. The van der Waals surface area contributed by atoms with Gasteiger partial charge in [-0.25, -0.2) is 0 Å². The van der Waals surface area contributed by atoms with E-state index in [0.717, 1.165) is 12.3 Å². The average molecular weight is 234 g/mol. The number of anilines is 2. The lowest BCUT2D eigenvalue weighted by molar-refractivity contribution is 0.336. The van der Waals surface area contributed by atoms with Gasteiger partial charge < -0.3 is 14.5 Å². The molecule has 2 rings (SSSR count). The number of fused-ring (bicyclic) bond motifs is 1. The summed E-state index contributed by atoms with van der Waals surface area (Å²) in [5.74, 6) is 0.979. The van der Waals surface area contributed by atoms with Gasteiger partial charge in [-0.1, -0.05) is 6.07 Å². The first-order chi connectivity index (χ1) is 7.97. The molecule has 0 unspecified atom stereocenters. The third-order valence-electron chi connectivity index (χ3n) is 3.56. The fourth-order valence-electron chi connectivity index (χ4n) is 2.50. The van der Waals surface area contributed by atoms with Gasteiger partial charge >= 0.3 is 0 Å². The molecule has 0 amide bonds. The molecule has 0 atom stereocenters. The van der Waals surface area contributed by atoms with Crippen molar-refractivity contribution in [3.8, 4) is 5.75 Å². The van der Waals surface area contributed by atoms with Crippen molar-refractivity contribution in [3.63, 3.8) is 0 Å². The van der Waals surface area contributed by atoms with E-state index >= 15 is 0 Å². The maximum absolute atomic E-state index is 5.75. The highest BCUT2D eigenvalue weighted by molar-refractivity contribution is 5.80. The van der Waals surface area contributed by atoms with E-state index in [1.165, 1.54) is 11.4 Å². The first-order valence-electron chi connectivity index (χ1n) is 6.18. The summed E-state index contributed by atoms with van der Waals surface area (Å²) >= 11 is 0. The molecule has 1 aliphatic heterocycles.